The molecule has 27 heavy (non-hydrogen) atoms. The Balaban J connectivity index is 1.50. The Hall–Kier alpha value is -2.38. The number of alkyl halides is 3. The van der Waals surface area contributed by atoms with Crippen molar-refractivity contribution in [3.63, 3.8) is 0 Å². The average molecular weight is 378 g/mol. The van der Waals surface area contributed by atoms with Gasteiger partial charge in [0.25, 0.3) is 5.91 Å². The molecule has 0 bridgehead atoms. The van der Waals surface area contributed by atoms with Crippen LogP contribution in [0.3, 0.4) is 0 Å². The van der Waals surface area contributed by atoms with E-state index in [1.54, 1.807) is 0 Å². The van der Waals surface area contributed by atoms with E-state index in [0.717, 1.165) is 24.2 Å². The van der Waals surface area contributed by atoms with Gasteiger partial charge in [0.05, 0.1) is 18.3 Å². The van der Waals surface area contributed by atoms with Gasteiger partial charge < -0.3 is 10.1 Å². The van der Waals surface area contributed by atoms with Gasteiger partial charge in [0.15, 0.2) is 0 Å². The lowest BCUT2D eigenvalue weighted by Crippen LogP contribution is -2.42. The SMILES string of the molecule is O=C(NCCN1CCOC(c2ccccc2)C1)c1cccc(C(F)(F)F)c1. The Morgan fingerprint density at radius 3 is 2.67 bits per heavy atom. The van der Waals surface area contributed by atoms with Gasteiger partial charge in [-0.3, -0.25) is 9.69 Å². The molecule has 1 aliphatic rings. The second kappa shape index (κ2) is 8.54. The van der Waals surface area contributed by atoms with Gasteiger partial charge in [0, 0.05) is 31.7 Å². The number of carbonyl (C=O) groups excluding carboxylic acids is 1. The standard InChI is InChI=1S/C20H21F3N2O2/c21-20(22,23)17-8-4-7-16(13-17)19(26)24-9-10-25-11-12-27-18(14-25)15-5-2-1-3-6-15/h1-8,13,18H,9-12,14H2,(H,24,26). The zero-order valence-electron chi connectivity index (χ0n) is 14.7. The van der Waals surface area contributed by atoms with E-state index in [-0.39, 0.29) is 11.7 Å². The molecule has 1 amide bonds. The number of nitrogens with one attached hydrogen (secondary N) is 1. The zero-order valence-corrected chi connectivity index (χ0v) is 14.7. The molecule has 144 valence electrons. The predicted octanol–water partition coefficient (Wildman–Crippen LogP) is 3.51. The van der Waals surface area contributed by atoms with Crippen molar-refractivity contribution in [1.82, 2.24) is 10.2 Å². The van der Waals surface area contributed by atoms with Gasteiger partial charge in [-0.25, -0.2) is 0 Å². The number of morpholine rings is 1. The van der Waals surface area contributed by atoms with Crippen molar-refractivity contribution in [3.05, 3.63) is 71.3 Å². The van der Waals surface area contributed by atoms with Crippen LogP contribution in [0.5, 0.6) is 0 Å². The van der Waals surface area contributed by atoms with Crippen LogP contribution >= 0.6 is 0 Å². The van der Waals surface area contributed by atoms with Crippen LogP contribution in [0, 0.1) is 0 Å². The highest BCUT2D eigenvalue weighted by Crippen LogP contribution is 2.29. The summed E-state index contributed by atoms with van der Waals surface area (Å²) in [6.07, 6.45) is -4.48. The number of ether oxygens (including phenoxy) is 1. The van der Waals surface area contributed by atoms with Gasteiger partial charge in [-0.05, 0) is 23.8 Å². The summed E-state index contributed by atoms with van der Waals surface area (Å²) in [7, 11) is 0. The molecule has 0 spiro atoms. The van der Waals surface area contributed by atoms with Crippen LogP contribution in [0.25, 0.3) is 0 Å². The van der Waals surface area contributed by atoms with Crippen molar-refractivity contribution >= 4 is 5.91 Å². The van der Waals surface area contributed by atoms with Gasteiger partial charge in [-0.1, -0.05) is 36.4 Å². The molecule has 4 nitrogen and oxygen atoms in total. The lowest BCUT2D eigenvalue weighted by atomic mass is 10.1. The normalized spacial score (nSPS) is 18.3. The first-order chi connectivity index (χ1) is 12.9. The van der Waals surface area contributed by atoms with Crippen molar-refractivity contribution in [2.45, 2.75) is 12.3 Å². The minimum atomic E-state index is -4.46. The van der Waals surface area contributed by atoms with Crippen LogP contribution in [-0.2, 0) is 10.9 Å². The maximum absolute atomic E-state index is 12.8. The third-order valence-electron chi connectivity index (χ3n) is 4.49. The molecule has 1 aliphatic heterocycles. The summed E-state index contributed by atoms with van der Waals surface area (Å²) in [5, 5.41) is 2.69. The Bertz CT molecular complexity index is 765. The van der Waals surface area contributed by atoms with Crippen LogP contribution < -0.4 is 5.32 Å². The Morgan fingerprint density at radius 2 is 1.93 bits per heavy atom. The first kappa shape index (κ1) is 19.4. The van der Waals surface area contributed by atoms with Crippen LogP contribution in [0.4, 0.5) is 13.2 Å². The fraction of sp³-hybridized carbons (Fsp3) is 0.350. The van der Waals surface area contributed by atoms with E-state index in [1.807, 2.05) is 30.3 Å². The highest BCUT2D eigenvalue weighted by Gasteiger charge is 2.30. The summed E-state index contributed by atoms with van der Waals surface area (Å²) in [4.78, 5) is 14.3. The number of halogens is 3. The molecule has 0 saturated carbocycles. The molecule has 0 aromatic heterocycles. The molecular formula is C20H21F3N2O2. The minimum Gasteiger partial charge on any atom is -0.371 e. The number of carbonyl (C=O) groups is 1. The van der Waals surface area contributed by atoms with E-state index in [2.05, 4.69) is 10.2 Å². The topological polar surface area (TPSA) is 41.6 Å². The summed E-state index contributed by atoms with van der Waals surface area (Å²) in [5.74, 6) is -0.506. The van der Waals surface area contributed by atoms with E-state index in [1.165, 1.54) is 12.1 Å². The molecule has 7 heteroatoms. The zero-order chi connectivity index (χ0) is 19.3. The third-order valence-corrected chi connectivity index (χ3v) is 4.49. The minimum absolute atomic E-state index is 0.00830. The molecule has 1 atom stereocenters. The van der Waals surface area contributed by atoms with Crippen LogP contribution in [-0.4, -0.2) is 43.6 Å². The van der Waals surface area contributed by atoms with Crippen molar-refractivity contribution in [1.29, 1.82) is 0 Å². The monoisotopic (exact) mass is 378 g/mol. The van der Waals surface area contributed by atoms with Gasteiger partial charge in [-0.15, -0.1) is 0 Å². The van der Waals surface area contributed by atoms with E-state index in [4.69, 9.17) is 4.74 Å². The third kappa shape index (κ3) is 5.30. The van der Waals surface area contributed by atoms with E-state index in [0.29, 0.717) is 26.2 Å². The number of hydrogen-bond acceptors (Lipinski definition) is 3. The molecular weight excluding hydrogens is 357 g/mol. The van der Waals surface area contributed by atoms with Crippen LogP contribution in [0.15, 0.2) is 54.6 Å². The molecule has 1 fully saturated rings. The van der Waals surface area contributed by atoms with Gasteiger partial charge >= 0.3 is 6.18 Å². The number of amides is 1. The lowest BCUT2D eigenvalue weighted by molar-refractivity contribution is -0.137. The molecule has 2 aromatic carbocycles. The highest BCUT2D eigenvalue weighted by atomic mass is 19.4. The smallest absolute Gasteiger partial charge is 0.371 e. The molecule has 1 unspecified atom stereocenters. The van der Waals surface area contributed by atoms with Crippen molar-refractivity contribution < 1.29 is 22.7 Å². The quantitative estimate of drug-likeness (QED) is 0.866. The molecule has 1 saturated heterocycles. The number of benzene rings is 2. The summed E-state index contributed by atoms with van der Waals surface area (Å²) in [6, 6.07) is 14.4. The van der Waals surface area contributed by atoms with Crippen LogP contribution in [0.2, 0.25) is 0 Å². The largest absolute Gasteiger partial charge is 0.416 e. The summed E-state index contributed by atoms with van der Waals surface area (Å²) in [5.41, 5.74) is 0.290. The van der Waals surface area contributed by atoms with Gasteiger partial charge in [0.1, 0.15) is 0 Å². The van der Waals surface area contributed by atoms with Gasteiger partial charge in [-0.2, -0.15) is 13.2 Å². The second-order valence-electron chi connectivity index (χ2n) is 6.41. The summed E-state index contributed by atoms with van der Waals surface area (Å²) in [6.45, 7) is 3.03. The first-order valence-corrected chi connectivity index (χ1v) is 8.78. The van der Waals surface area contributed by atoms with E-state index in [9.17, 15) is 18.0 Å². The second-order valence-corrected chi connectivity index (χ2v) is 6.41. The fourth-order valence-corrected chi connectivity index (χ4v) is 3.04. The van der Waals surface area contributed by atoms with Crippen LogP contribution in [0.1, 0.15) is 27.6 Å². The van der Waals surface area contributed by atoms with Gasteiger partial charge in [0.2, 0.25) is 0 Å². The predicted molar refractivity (Wildman–Crippen MR) is 95.4 cm³/mol. The van der Waals surface area contributed by atoms with Crippen molar-refractivity contribution in [2.75, 3.05) is 32.8 Å². The fourth-order valence-electron chi connectivity index (χ4n) is 3.04. The molecule has 0 aliphatic carbocycles. The maximum atomic E-state index is 12.8. The lowest BCUT2D eigenvalue weighted by Gasteiger charge is -2.33. The number of hydrogen-bond donors (Lipinski definition) is 1. The maximum Gasteiger partial charge on any atom is 0.416 e. The molecule has 1 heterocycles. The van der Waals surface area contributed by atoms with Crippen molar-refractivity contribution in [3.8, 4) is 0 Å². The molecule has 2 aromatic rings. The summed E-state index contributed by atoms with van der Waals surface area (Å²) < 4.78 is 44.1. The van der Waals surface area contributed by atoms with E-state index >= 15 is 0 Å². The Morgan fingerprint density at radius 1 is 1.15 bits per heavy atom. The van der Waals surface area contributed by atoms with E-state index < -0.39 is 17.6 Å². The number of nitrogens with zero attached hydrogens (tertiary/aromatic N) is 1. The average Bonchev–Trinajstić information content (AvgIpc) is 2.68. The Kier molecular flexibility index (Phi) is 6.13. The molecule has 0 radical (unpaired) electrons. The number of rotatable bonds is 5. The molecule has 3 rings (SSSR count). The first-order valence-electron chi connectivity index (χ1n) is 8.78. The van der Waals surface area contributed by atoms with Crippen molar-refractivity contribution in [2.24, 2.45) is 0 Å². The Labute approximate surface area is 155 Å². The highest BCUT2D eigenvalue weighted by molar-refractivity contribution is 5.94. The molecule has 1 N–H and O–H groups in total. The summed E-state index contributed by atoms with van der Waals surface area (Å²) >= 11 is 0.